The number of nitrogens with zero attached hydrogens (tertiary/aromatic N) is 4. The van der Waals surface area contributed by atoms with Crippen molar-refractivity contribution in [2.24, 2.45) is 21.4 Å². The molecule has 11 nitrogen and oxygen atoms in total. The van der Waals surface area contributed by atoms with Gasteiger partial charge in [0.2, 0.25) is 0 Å². The Labute approximate surface area is 113 Å². The van der Waals surface area contributed by atoms with E-state index < -0.39 is 36.7 Å². The molecular formula is C9H14N6O5. The van der Waals surface area contributed by atoms with E-state index in [1.54, 1.807) is 0 Å². The van der Waals surface area contributed by atoms with Crippen molar-refractivity contribution >= 4 is 6.03 Å². The third-order valence-electron chi connectivity index (χ3n) is 2.99. The molecule has 2 rings (SSSR count). The van der Waals surface area contributed by atoms with E-state index in [1.807, 2.05) is 0 Å². The van der Waals surface area contributed by atoms with Gasteiger partial charge < -0.3 is 26.1 Å². The van der Waals surface area contributed by atoms with Gasteiger partial charge in [0, 0.05) is 6.20 Å². The summed E-state index contributed by atoms with van der Waals surface area (Å²) in [6.07, 6.45) is -2.66. The van der Waals surface area contributed by atoms with Gasteiger partial charge >= 0.3 is 6.03 Å². The molecule has 5 N–H and O–H groups in total. The molecule has 2 unspecified atom stereocenters. The van der Waals surface area contributed by atoms with E-state index in [-0.39, 0.29) is 6.54 Å². The van der Waals surface area contributed by atoms with Crippen LogP contribution in [0.4, 0.5) is 4.79 Å². The Balaban J connectivity index is 2.10. The topological polar surface area (TPSA) is 162 Å². The van der Waals surface area contributed by atoms with Gasteiger partial charge in [-0.2, -0.15) is 4.91 Å². The summed E-state index contributed by atoms with van der Waals surface area (Å²) in [6, 6.07) is -0.610. The number of amides is 2. The van der Waals surface area contributed by atoms with E-state index in [0.717, 1.165) is 4.90 Å². The highest BCUT2D eigenvalue weighted by molar-refractivity contribution is 5.77. The highest BCUT2D eigenvalue weighted by atomic mass is 16.6. The lowest BCUT2D eigenvalue weighted by Crippen LogP contribution is -2.52. The molecule has 0 aromatic heterocycles. The first-order valence-electron chi connectivity index (χ1n) is 5.76. The lowest BCUT2D eigenvalue weighted by atomic mass is 10.1. The fourth-order valence-electron chi connectivity index (χ4n) is 2.01. The molecule has 1 fully saturated rings. The van der Waals surface area contributed by atoms with Crippen LogP contribution >= 0.6 is 0 Å². The van der Waals surface area contributed by atoms with E-state index in [9.17, 15) is 19.9 Å². The monoisotopic (exact) mass is 286 g/mol. The zero-order valence-corrected chi connectivity index (χ0v) is 10.2. The third-order valence-corrected chi connectivity index (χ3v) is 2.99. The first-order chi connectivity index (χ1) is 9.58. The number of hydrogen-bond acceptors (Lipinski definition) is 8. The van der Waals surface area contributed by atoms with Crippen molar-refractivity contribution in [2.75, 3.05) is 6.54 Å². The van der Waals surface area contributed by atoms with Crippen molar-refractivity contribution < 1.29 is 19.7 Å². The standard InChI is InChI=1S/C9H14N6O5/c10-14-13-5-1-2-15(9(18)12-5)8-7(17)6(16)4(20-8)3-11-19/h1-2,4-8,16-17H,3H2,(H2,10,13)(H,12,18)/t4-,5?,6?,7+,8-/m1/s1. The summed E-state index contributed by atoms with van der Waals surface area (Å²) in [4.78, 5) is 23.1. The third kappa shape index (κ3) is 2.59. The molecule has 11 heteroatoms. The van der Waals surface area contributed by atoms with Crippen molar-refractivity contribution in [3.63, 3.8) is 0 Å². The Morgan fingerprint density at radius 1 is 1.45 bits per heavy atom. The number of nitroso groups, excluding NO2 is 1. The summed E-state index contributed by atoms with van der Waals surface area (Å²) >= 11 is 0. The molecule has 1 saturated heterocycles. The molecule has 0 aliphatic carbocycles. The van der Waals surface area contributed by atoms with Crippen LogP contribution in [0.5, 0.6) is 0 Å². The lowest BCUT2D eigenvalue weighted by molar-refractivity contribution is -0.0519. The highest BCUT2D eigenvalue weighted by Gasteiger charge is 2.47. The summed E-state index contributed by atoms with van der Waals surface area (Å²) in [5, 5.41) is 31.2. The smallest absolute Gasteiger partial charge is 0.325 e. The molecule has 2 amide bonds. The SMILES string of the molecule is NN=NC1C=CN([C@@H]2O[C@H](CN=O)C(O)[C@@H]2O)C(=O)N1. The van der Waals surface area contributed by atoms with E-state index in [4.69, 9.17) is 10.6 Å². The molecule has 0 aromatic rings. The van der Waals surface area contributed by atoms with Gasteiger partial charge in [0.05, 0.1) is 0 Å². The van der Waals surface area contributed by atoms with Crippen LogP contribution in [0.3, 0.4) is 0 Å². The number of nitrogens with two attached hydrogens (primary N) is 1. The molecular weight excluding hydrogens is 272 g/mol. The second-order valence-corrected chi connectivity index (χ2v) is 4.23. The van der Waals surface area contributed by atoms with Crippen molar-refractivity contribution in [3.05, 3.63) is 17.2 Å². The molecule has 2 heterocycles. The maximum absolute atomic E-state index is 11.8. The Morgan fingerprint density at radius 3 is 2.80 bits per heavy atom. The maximum Gasteiger partial charge on any atom is 0.325 e. The molecule has 2 aliphatic rings. The normalized spacial score (nSPS) is 37.4. The number of rotatable bonds is 4. The second-order valence-electron chi connectivity index (χ2n) is 4.23. The predicted octanol–water partition coefficient (Wildman–Crippen LogP) is -1.61. The van der Waals surface area contributed by atoms with Crippen molar-refractivity contribution in [2.45, 2.75) is 30.7 Å². The Kier molecular flexibility index (Phi) is 4.22. The van der Waals surface area contributed by atoms with Gasteiger partial charge in [-0.15, -0.1) is 5.11 Å². The number of aliphatic hydroxyl groups is 2. The number of carbonyl (C=O) groups excluding carboxylic acids is 1. The zero-order valence-electron chi connectivity index (χ0n) is 10.2. The lowest BCUT2D eigenvalue weighted by Gasteiger charge is -2.31. The van der Waals surface area contributed by atoms with E-state index >= 15 is 0 Å². The van der Waals surface area contributed by atoms with Gasteiger partial charge in [0.1, 0.15) is 24.9 Å². The van der Waals surface area contributed by atoms with Gasteiger partial charge in [-0.25, -0.2) is 4.79 Å². The molecule has 0 aromatic carbocycles. The number of carbonyl (C=O) groups is 1. The van der Waals surface area contributed by atoms with E-state index in [2.05, 4.69) is 20.8 Å². The largest absolute Gasteiger partial charge is 0.387 e. The quantitative estimate of drug-likeness (QED) is 0.210. The minimum atomic E-state index is -1.36. The predicted molar refractivity (Wildman–Crippen MR) is 63.7 cm³/mol. The van der Waals surface area contributed by atoms with Crippen molar-refractivity contribution in [3.8, 4) is 0 Å². The summed E-state index contributed by atoms with van der Waals surface area (Å²) in [5.74, 6) is 4.88. The summed E-state index contributed by atoms with van der Waals surface area (Å²) < 4.78 is 5.27. The molecule has 5 atom stereocenters. The first kappa shape index (κ1) is 14.3. The molecule has 0 bridgehead atoms. The average molecular weight is 286 g/mol. The number of nitrogens with one attached hydrogen (secondary N) is 1. The van der Waals surface area contributed by atoms with E-state index in [0.29, 0.717) is 0 Å². The highest BCUT2D eigenvalue weighted by Crippen LogP contribution is 2.26. The van der Waals surface area contributed by atoms with Gasteiger partial charge in [-0.3, -0.25) is 4.90 Å². The number of aliphatic hydroxyl groups excluding tert-OH is 2. The van der Waals surface area contributed by atoms with Crippen LogP contribution in [0, 0.1) is 4.91 Å². The maximum atomic E-state index is 11.8. The van der Waals surface area contributed by atoms with E-state index in [1.165, 1.54) is 12.3 Å². The second kappa shape index (κ2) is 5.90. The molecule has 0 spiro atoms. The van der Waals surface area contributed by atoms with Crippen LogP contribution in [0.15, 0.2) is 27.8 Å². The average Bonchev–Trinajstić information content (AvgIpc) is 2.68. The summed E-state index contributed by atoms with van der Waals surface area (Å²) in [6.45, 7) is -0.322. The van der Waals surface area contributed by atoms with Crippen LogP contribution < -0.4 is 11.2 Å². The molecule has 20 heavy (non-hydrogen) atoms. The number of ether oxygens (including phenoxy) is 1. The zero-order chi connectivity index (χ0) is 14.7. The number of urea groups is 1. The van der Waals surface area contributed by atoms with Gasteiger partial charge in [0.25, 0.3) is 0 Å². The fourth-order valence-corrected chi connectivity index (χ4v) is 2.01. The first-order valence-corrected chi connectivity index (χ1v) is 5.76. The number of hydrogen-bond donors (Lipinski definition) is 4. The van der Waals surface area contributed by atoms with Crippen LogP contribution in [-0.4, -0.2) is 58.4 Å². The van der Waals surface area contributed by atoms with Crippen LogP contribution in [0.1, 0.15) is 0 Å². The fraction of sp³-hybridized carbons (Fsp3) is 0.667. The summed E-state index contributed by atoms with van der Waals surface area (Å²) in [7, 11) is 0. The summed E-state index contributed by atoms with van der Waals surface area (Å²) in [5.41, 5.74) is 0. The molecule has 110 valence electrons. The minimum absolute atomic E-state index is 0.322. The van der Waals surface area contributed by atoms with Crippen LogP contribution in [-0.2, 0) is 4.74 Å². The Morgan fingerprint density at radius 2 is 2.20 bits per heavy atom. The van der Waals surface area contributed by atoms with Gasteiger partial charge in [-0.1, -0.05) is 10.4 Å². The van der Waals surface area contributed by atoms with Crippen molar-refractivity contribution in [1.29, 1.82) is 0 Å². The molecule has 0 saturated carbocycles. The molecule has 2 aliphatic heterocycles. The van der Waals surface area contributed by atoms with Crippen LogP contribution in [0.25, 0.3) is 0 Å². The van der Waals surface area contributed by atoms with Crippen molar-refractivity contribution in [1.82, 2.24) is 10.2 Å². The van der Waals surface area contributed by atoms with Crippen LogP contribution in [0.2, 0.25) is 0 Å². The Hall–Kier alpha value is -2.11. The Bertz CT molecular complexity index is 443. The van der Waals surface area contributed by atoms with Gasteiger partial charge in [0.15, 0.2) is 12.4 Å². The van der Waals surface area contributed by atoms with Gasteiger partial charge in [-0.05, 0) is 6.08 Å². The minimum Gasteiger partial charge on any atom is -0.387 e. The molecule has 0 radical (unpaired) electrons.